The summed E-state index contributed by atoms with van der Waals surface area (Å²) in [5, 5.41) is 0. The van der Waals surface area contributed by atoms with Crippen LogP contribution in [0.4, 0.5) is 0 Å². The Hall–Kier alpha value is -2.17. The Morgan fingerprint density at radius 2 is 1.50 bits per heavy atom. The van der Waals surface area contributed by atoms with Gasteiger partial charge in [0.05, 0.1) is 19.3 Å². The predicted molar refractivity (Wildman–Crippen MR) is 189 cm³/mol. The van der Waals surface area contributed by atoms with E-state index in [-0.39, 0.29) is 52.0 Å². The summed E-state index contributed by atoms with van der Waals surface area (Å²) in [4.78, 5) is 72.9. The average molecular weight is 698 g/mol. The van der Waals surface area contributed by atoms with Crippen molar-refractivity contribution in [3.05, 3.63) is 0 Å². The first-order valence-electron chi connectivity index (χ1n) is 19.6. The van der Waals surface area contributed by atoms with E-state index in [1.54, 1.807) is 0 Å². The number of amides is 2. The molecule has 3 saturated heterocycles. The second-order valence-corrected chi connectivity index (χ2v) is 18.8. The van der Waals surface area contributed by atoms with Crippen molar-refractivity contribution in [1.29, 1.82) is 0 Å². The molecule has 6 fully saturated rings. The molecule has 50 heavy (non-hydrogen) atoms. The lowest BCUT2D eigenvalue weighted by atomic mass is 9.71. The third-order valence-corrected chi connectivity index (χ3v) is 14.9. The average Bonchev–Trinajstić information content (AvgIpc) is 3.23. The monoisotopic (exact) mass is 697 g/mol. The number of primary amides is 1. The third-order valence-electron chi connectivity index (χ3n) is 14.9. The SMILES string of the molecule is CC(C)(C)[C@H](CC(=O)CC1(CN2CCOCC2)CCOCC1)C(=O)N1C[C@]2(C[C@H]1C(=O)CC(CC1CCC1)C(=O)C(N)=O)C(C)(C)C21CCC1. The van der Waals surface area contributed by atoms with Crippen molar-refractivity contribution in [3.63, 3.8) is 0 Å². The molecule has 3 heterocycles. The zero-order chi connectivity index (χ0) is 36.1. The lowest BCUT2D eigenvalue weighted by Gasteiger charge is -2.42. The van der Waals surface area contributed by atoms with Crippen LogP contribution in [0, 0.1) is 44.8 Å². The fraction of sp³-hybridized carbons (Fsp3) is 0.875. The Balaban J connectivity index is 1.23. The number of fused-ring (bicyclic) bond motifs is 1. The van der Waals surface area contributed by atoms with E-state index in [4.69, 9.17) is 15.2 Å². The van der Waals surface area contributed by atoms with Crippen LogP contribution in [0.1, 0.15) is 118 Å². The maximum absolute atomic E-state index is 15.0. The van der Waals surface area contributed by atoms with E-state index in [0.29, 0.717) is 58.2 Å². The maximum Gasteiger partial charge on any atom is 0.285 e. The van der Waals surface area contributed by atoms with E-state index in [1.165, 1.54) is 0 Å². The first-order valence-corrected chi connectivity index (χ1v) is 19.6. The molecule has 1 unspecified atom stereocenters. The minimum absolute atomic E-state index is 0.0117. The molecule has 2 spiro atoms. The summed E-state index contributed by atoms with van der Waals surface area (Å²) >= 11 is 0. The van der Waals surface area contributed by atoms with E-state index in [2.05, 4.69) is 18.7 Å². The van der Waals surface area contributed by atoms with Gasteiger partial charge in [-0.2, -0.15) is 0 Å². The summed E-state index contributed by atoms with van der Waals surface area (Å²) in [6.07, 6.45) is 9.63. The summed E-state index contributed by atoms with van der Waals surface area (Å²) in [5.41, 5.74) is 4.72. The van der Waals surface area contributed by atoms with Crippen molar-refractivity contribution >= 4 is 29.2 Å². The van der Waals surface area contributed by atoms with Crippen LogP contribution in [0.3, 0.4) is 0 Å². The van der Waals surface area contributed by atoms with Gasteiger partial charge in [0, 0.05) is 75.9 Å². The number of nitrogens with zero attached hydrogens (tertiary/aromatic N) is 2. The first kappa shape index (κ1) is 37.6. The maximum atomic E-state index is 15.0. The molecule has 10 heteroatoms. The van der Waals surface area contributed by atoms with Crippen LogP contribution in [0.5, 0.6) is 0 Å². The summed E-state index contributed by atoms with van der Waals surface area (Å²) < 4.78 is 11.3. The van der Waals surface area contributed by atoms with Crippen LogP contribution >= 0.6 is 0 Å². The smallest absolute Gasteiger partial charge is 0.285 e. The van der Waals surface area contributed by atoms with Gasteiger partial charge in [0.1, 0.15) is 5.78 Å². The number of morpholine rings is 1. The predicted octanol–water partition coefficient (Wildman–Crippen LogP) is 4.74. The third kappa shape index (κ3) is 6.75. The second kappa shape index (κ2) is 14.0. The molecule has 6 rings (SSSR count). The van der Waals surface area contributed by atoms with Crippen LogP contribution < -0.4 is 5.73 Å². The lowest BCUT2D eigenvalue weighted by molar-refractivity contribution is -0.147. The van der Waals surface area contributed by atoms with E-state index in [1.807, 2.05) is 25.7 Å². The number of carbonyl (C=O) groups excluding carboxylic acids is 5. The molecular formula is C40H63N3O7. The number of hydrogen-bond donors (Lipinski definition) is 1. The van der Waals surface area contributed by atoms with Gasteiger partial charge in [0.2, 0.25) is 11.7 Å². The molecule has 0 aromatic heterocycles. The van der Waals surface area contributed by atoms with E-state index >= 15 is 0 Å². The Morgan fingerprint density at radius 1 is 0.860 bits per heavy atom. The fourth-order valence-electron chi connectivity index (χ4n) is 11.2. The number of rotatable bonds is 14. The number of Topliss-reactive ketones (excluding diaryl/α,β-unsaturated/α-hetero) is 3. The van der Waals surface area contributed by atoms with Crippen molar-refractivity contribution in [3.8, 4) is 0 Å². The summed E-state index contributed by atoms with van der Waals surface area (Å²) in [5.74, 6) is -2.83. The zero-order valence-electron chi connectivity index (χ0n) is 31.5. The van der Waals surface area contributed by atoms with Gasteiger partial charge in [-0.05, 0) is 66.1 Å². The van der Waals surface area contributed by atoms with Gasteiger partial charge < -0.3 is 20.1 Å². The van der Waals surface area contributed by atoms with Crippen LogP contribution in [-0.4, -0.2) is 97.6 Å². The van der Waals surface area contributed by atoms with Crippen LogP contribution in [0.15, 0.2) is 0 Å². The molecule has 3 aliphatic carbocycles. The molecule has 0 bridgehead atoms. The molecule has 0 aromatic carbocycles. The minimum Gasteiger partial charge on any atom is -0.381 e. The Labute approximate surface area is 299 Å². The van der Waals surface area contributed by atoms with E-state index in [9.17, 15) is 24.0 Å². The second-order valence-electron chi connectivity index (χ2n) is 18.8. The summed E-state index contributed by atoms with van der Waals surface area (Å²) in [6.45, 7) is 16.4. The summed E-state index contributed by atoms with van der Waals surface area (Å²) in [6, 6.07) is -0.672. The first-order chi connectivity index (χ1) is 23.5. The molecule has 3 saturated carbocycles. The van der Waals surface area contributed by atoms with E-state index < -0.39 is 35.0 Å². The van der Waals surface area contributed by atoms with Crippen molar-refractivity contribution < 1.29 is 33.4 Å². The van der Waals surface area contributed by atoms with Gasteiger partial charge in [-0.1, -0.05) is 60.3 Å². The molecule has 3 aliphatic heterocycles. The number of carbonyl (C=O) groups is 5. The molecule has 2 amide bonds. The Morgan fingerprint density at radius 3 is 2.02 bits per heavy atom. The largest absolute Gasteiger partial charge is 0.381 e. The molecule has 2 N–H and O–H groups in total. The highest BCUT2D eigenvalue weighted by molar-refractivity contribution is 6.36. The van der Waals surface area contributed by atoms with Crippen molar-refractivity contribution in [2.24, 2.45) is 50.6 Å². The molecule has 10 nitrogen and oxygen atoms in total. The molecular weight excluding hydrogens is 634 g/mol. The molecule has 4 atom stereocenters. The van der Waals surface area contributed by atoms with Crippen molar-refractivity contribution in [1.82, 2.24) is 9.80 Å². The van der Waals surface area contributed by atoms with Crippen molar-refractivity contribution in [2.45, 2.75) is 124 Å². The minimum atomic E-state index is -0.989. The van der Waals surface area contributed by atoms with E-state index in [0.717, 1.165) is 71.0 Å². The van der Waals surface area contributed by atoms with Gasteiger partial charge in [-0.25, -0.2) is 0 Å². The van der Waals surface area contributed by atoms with Crippen LogP contribution in [0.2, 0.25) is 0 Å². The quantitative estimate of drug-likeness (QED) is 0.257. The number of likely N-dealkylation sites (tertiary alicyclic amines) is 1. The number of nitrogens with two attached hydrogens (primary N) is 1. The normalized spacial score (nSPS) is 29.9. The highest BCUT2D eigenvalue weighted by atomic mass is 16.5. The Kier molecular flexibility index (Phi) is 10.5. The number of ketones is 3. The van der Waals surface area contributed by atoms with Gasteiger partial charge >= 0.3 is 0 Å². The van der Waals surface area contributed by atoms with Crippen molar-refractivity contribution in [2.75, 3.05) is 52.6 Å². The van der Waals surface area contributed by atoms with Gasteiger partial charge in [0.15, 0.2) is 5.78 Å². The Bertz CT molecular complexity index is 1330. The number of ether oxygens (including phenoxy) is 2. The fourth-order valence-corrected chi connectivity index (χ4v) is 11.2. The highest BCUT2D eigenvalue weighted by Gasteiger charge is 2.85. The zero-order valence-corrected chi connectivity index (χ0v) is 31.5. The van der Waals surface area contributed by atoms with Crippen LogP contribution in [0.25, 0.3) is 0 Å². The molecule has 280 valence electrons. The standard InChI is InChI=1S/C40H63N3O7/c1-36(2,3)30(22-29(44)23-38(12-16-49-17-13-38)25-42-14-18-50-19-15-42)35(48)43-26-40(37(4,5)39(40)10-7-11-39)24-31(43)32(45)21-28(33(46)34(41)47)20-27-8-6-9-27/h27-28,30-31H,6-26H2,1-5H3,(H2,41,47)/t28?,30-,31+,40-/m1/s1. The topological polar surface area (TPSA) is 136 Å². The summed E-state index contributed by atoms with van der Waals surface area (Å²) in [7, 11) is 0. The molecule has 0 radical (unpaired) electrons. The molecule has 0 aromatic rings. The molecule has 6 aliphatic rings. The highest BCUT2D eigenvalue weighted by Crippen LogP contribution is 2.88. The van der Waals surface area contributed by atoms with Gasteiger partial charge in [0.25, 0.3) is 5.91 Å². The number of hydrogen-bond acceptors (Lipinski definition) is 8. The van der Waals surface area contributed by atoms with Crippen LogP contribution in [-0.2, 0) is 33.4 Å². The van der Waals surface area contributed by atoms with Gasteiger partial charge in [-0.3, -0.25) is 28.9 Å². The van der Waals surface area contributed by atoms with Gasteiger partial charge in [-0.15, -0.1) is 0 Å². The lowest BCUT2D eigenvalue weighted by Crippen LogP contribution is -2.49.